The molecule has 0 spiro atoms. The quantitative estimate of drug-likeness (QED) is 0.570. The van der Waals surface area contributed by atoms with Gasteiger partial charge in [-0.15, -0.1) is 0 Å². The Labute approximate surface area is 192 Å². The Morgan fingerprint density at radius 2 is 2.06 bits per heavy atom. The minimum Gasteiger partial charge on any atom is -0.481 e. The van der Waals surface area contributed by atoms with Crippen LogP contribution in [-0.4, -0.2) is 55.7 Å². The zero-order valence-corrected chi connectivity index (χ0v) is 19.2. The highest BCUT2D eigenvalue weighted by Gasteiger charge is 2.22. The SMILES string of the molecule is COc1cc(C2=CCN(C(=O)Cn3nc(-c4ccc(F)c(C)c4)nc3C(C)C)CC2)ncn1. The van der Waals surface area contributed by atoms with E-state index < -0.39 is 0 Å². The third-order valence-electron chi connectivity index (χ3n) is 5.66. The van der Waals surface area contributed by atoms with E-state index in [0.717, 1.165) is 22.7 Å². The number of benzene rings is 1. The van der Waals surface area contributed by atoms with E-state index in [1.165, 1.54) is 12.4 Å². The smallest absolute Gasteiger partial charge is 0.244 e. The second kappa shape index (κ2) is 9.48. The maximum atomic E-state index is 13.7. The van der Waals surface area contributed by atoms with Gasteiger partial charge < -0.3 is 9.64 Å². The number of carbonyl (C=O) groups excluding carboxylic acids is 1. The first-order chi connectivity index (χ1) is 15.9. The lowest BCUT2D eigenvalue weighted by atomic mass is 10.0. The number of methoxy groups -OCH3 is 1. The molecule has 0 bridgehead atoms. The Hall–Kier alpha value is -3.62. The molecule has 2 aromatic heterocycles. The molecule has 8 nitrogen and oxygen atoms in total. The first-order valence-corrected chi connectivity index (χ1v) is 10.9. The summed E-state index contributed by atoms with van der Waals surface area (Å²) in [6.45, 7) is 6.92. The normalized spacial score (nSPS) is 13.9. The number of aromatic nitrogens is 5. The van der Waals surface area contributed by atoms with Gasteiger partial charge in [-0.3, -0.25) is 4.79 Å². The van der Waals surface area contributed by atoms with Crippen LogP contribution in [0.15, 0.2) is 36.7 Å². The van der Waals surface area contributed by atoms with Crippen LogP contribution in [0.1, 0.15) is 43.3 Å². The number of aryl methyl sites for hydroxylation is 1. The molecule has 33 heavy (non-hydrogen) atoms. The molecule has 0 atom stereocenters. The molecule has 1 aromatic carbocycles. The van der Waals surface area contributed by atoms with E-state index in [1.54, 1.807) is 41.8 Å². The average molecular weight is 451 g/mol. The molecular formula is C24H27FN6O2. The molecule has 0 fully saturated rings. The van der Waals surface area contributed by atoms with Crippen molar-refractivity contribution in [3.63, 3.8) is 0 Å². The summed E-state index contributed by atoms with van der Waals surface area (Å²) in [6, 6.07) is 6.59. The van der Waals surface area contributed by atoms with E-state index in [9.17, 15) is 9.18 Å². The Morgan fingerprint density at radius 3 is 2.73 bits per heavy atom. The fourth-order valence-electron chi connectivity index (χ4n) is 3.79. The van der Waals surface area contributed by atoms with Gasteiger partial charge in [-0.25, -0.2) is 24.0 Å². The number of ether oxygens (including phenoxy) is 1. The van der Waals surface area contributed by atoms with Crippen LogP contribution in [0.5, 0.6) is 5.88 Å². The van der Waals surface area contributed by atoms with E-state index in [2.05, 4.69) is 20.1 Å². The van der Waals surface area contributed by atoms with Gasteiger partial charge in [-0.05, 0) is 42.7 Å². The topological polar surface area (TPSA) is 86.0 Å². The molecule has 3 aromatic rings. The molecular weight excluding hydrogens is 423 g/mol. The molecule has 0 N–H and O–H groups in total. The summed E-state index contributed by atoms with van der Waals surface area (Å²) in [6.07, 6.45) is 4.19. The Bertz CT molecular complexity index is 1200. The maximum absolute atomic E-state index is 13.7. The highest BCUT2D eigenvalue weighted by atomic mass is 19.1. The van der Waals surface area contributed by atoms with Gasteiger partial charge in [0.1, 0.15) is 24.5 Å². The van der Waals surface area contributed by atoms with Crippen LogP contribution in [0.2, 0.25) is 0 Å². The summed E-state index contributed by atoms with van der Waals surface area (Å²) in [5, 5.41) is 4.58. The van der Waals surface area contributed by atoms with Gasteiger partial charge >= 0.3 is 0 Å². The molecule has 0 saturated heterocycles. The molecule has 172 valence electrons. The van der Waals surface area contributed by atoms with Crippen LogP contribution < -0.4 is 4.74 Å². The van der Waals surface area contributed by atoms with Crippen LogP contribution in [-0.2, 0) is 11.3 Å². The van der Waals surface area contributed by atoms with E-state index in [0.29, 0.717) is 36.8 Å². The largest absolute Gasteiger partial charge is 0.481 e. The lowest BCUT2D eigenvalue weighted by Gasteiger charge is -2.26. The molecule has 0 unspecified atom stereocenters. The monoisotopic (exact) mass is 450 g/mol. The van der Waals surface area contributed by atoms with Gasteiger partial charge in [0.15, 0.2) is 5.82 Å². The second-order valence-corrected chi connectivity index (χ2v) is 8.33. The predicted octanol–water partition coefficient (Wildman–Crippen LogP) is 3.63. The molecule has 0 saturated carbocycles. The molecule has 1 aliphatic rings. The Morgan fingerprint density at radius 1 is 1.24 bits per heavy atom. The highest BCUT2D eigenvalue weighted by molar-refractivity contribution is 5.78. The van der Waals surface area contributed by atoms with Crippen LogP contribution >= 0.6 is 0 Å². The van der Waals surface area contributed by atoms with Gasteiger partial charge in [-0.1, -0.05) is 19.9 Å². The number of nitrogens with zero attached hydrogens (tertiary/aromatic N) is 6. The third-order valence-corrected chi connectivity index (χ3v) is 5.66. The fourth-order valence-corrected chi connectivity index (χ4v) is 3.79. The average Bonchev–Trinajstić information content (AvgIpc) is 3.25. The van der Waals surface area contributed by atoms with Crippen molar-refractivity contribution in [2.24, 2.45) is 0 Å². The zero-order chi connectivity index (χ0) is 23.5. The van der Waals surface area contributed by atoms with Crippen molar-refractivity contribution in [3.8, 4) is 17.3 Å². The number of carbonyl (C=O) groups is 1. The van der Waals surface area contributed by atoms with Crippen LogP contribution in [0.25, 0.3) is 17.0 Å². The summed E-state index contributed by atoms with van der Waals surface area (Å²) in [5.41, 5.74) is 3.14. The summed E-state index contributed by atoms with van der Waals surface area (Å²) < 4.78 is 20.5. The summed E-state index contributed by atoms with van der Waals surface area (Å²) in [4.78, 5) is 27.8. The van der Waals surface area contributed by atoms with E-state index in [4.69, 9.17) is 4.74 Å². The van der Waals surface area contributed by atoms with E-state index in [1.807, 2.05) is 19.9 Å². The van der Waals surface area contributed by atoms with Crippen molar-refractivity contribution < 1.29 is 13.9 Å². The van der Waals surface area contributed by atoms with Crippen molar-refractivity contribution >= 4 is 11.5 Å². The highest BCUT2D eigenvalue weighted by Crippen LogP contribution is 2.24. The summed E-state index contributed by atoms with van der Waals surface area (Å²) in [7, 11) is 1.57. The number of rotatable bonds is 6. The zero-order valence-electron chi connectivity index (χ0n) is 19.2. The van der Waals surface area contributed by atoms with Gasteiger partial charge in [0.25, 0.3) is 0 Å². The second-order valence-electron chi connectivity index (χ2n) is 8.33. The number of hydrogen-bond acceptors (Lipinski definition) is 6. The van der Waals surface area contributed by atoms with Gasteiger partial charge in [0.05, 0.1) is 12.8 Å². The van der Waals surface area contributed by atoms with Gasteiger partial charge in [-0.2, -0.15) is 5.10 Å². The molecule has 9 heteroatoms. The predicted molar refractivity (Wildman–Crippen MR) is 122 cm³/mol. The Kier molecular flexibility index (Phi) is 6.48. The molecule has 4 rings (SSSR count). The molecule has 3 heterocycles. The van der Waals surface area contributed by atoms with E-state index in [-0.39, 0.29) is 24.2 Å². The molecule has 0 aliphatic carbocycles. The van der Waals surface area contributed by atoms with Crippen molar-refractivity contribution in [1.82, 2.24) is 29.6 Å². The van der Waals surface area contributed by atoms with Gasteiger partial charge in [0.2, 0.25) is 11.8 Å². The lowest BCUT2D eigenvalue weighted by Crippen LogP contribution is -2.37. The molecule has 1 amide bonds. The number of halogens is 1. The first kappa shape index (κ1) is 22.6. The fraction of sp³-hybridized carbons (Fsp3) is 0.375. The van der Waals surface area contributed by atoms with Crippen LogP contribution in [0.4, 0.5) is 4.39 Å². The minimum absolute atomic E-state index is 0.0285. The third kappa shape index (κ3) is 4.92. The van der Waals surface area contributed by atoms with Crippen molar-refractivity contribution in [2.45, 2.75) is 39.7 Å². The van der Waals surface area contributed by atoms with Crippen molar-refractivity contribution in [2.75, 3.05) is 20.2 Å². The van der Waals surface area contributed by atoms with Gasteiger partial charge in [0, 0.05) is 30.6 Å². The first-order valence-electron chi connectivity index (χ1n) is 10.9. The number of amides is 1. The number of hydrogen-bond donors (Lipinski definition) is 0. The van der Waals surface area contributed by atoms with Crippen LogP contribution in [0.3, 0.4) is 0 Å². The lowest BCUT2D eigenvalue weighted by molar-refractivity contribution is -0.131. The standard InChI is InChI=1S/C24H27FN6O2/c1-15(2)24-28-23(18-5-6-19(25)16(3)11-18)29-31(24)13-22(32)30-9-7-17(8-10-30)20-12-21(33-4)27-14-26-20/h5-7,11-12,14-15H,8-10,13H2,1-4H3. The molecule has 0 radical (unpaired) electrons. The maximum Gasteiger partial charge on any atom is 0.244 e. The minimum atomic E-state index is -0.268. The van der Waals surface area contributed by atoms with Crippen LogP contribution in [0, 0.1) is 12.7 Å². The van der Waals surface area contributed by atoms with Crippen molar-refractivity contribution in [1.29, 1.82) is 0 Å². The summed E-state index contributed by atoms with van der Waals surface area (Å²) in [5.74, 6) is 1.52. The summed E-state index contributed by atoms with van der Waals surface area (Å²) >= 11 is 0. The van der Waals surface area contributed by atoms with Crippen molar-refractivity contribution in [3.05, 3.63) is 59.6 Å². The molecule has 1 aliphatic heterocycles. The van der Waals surface area contributed by atoms with E-state index >= 15 is 0 Å². The Balaban J connectivity index is 1.49.